The number of unbranched alkanes of at least 4 members (excludes halogenated alkanes) is 2. The largest absolute Gasteiger partial charge is 0.444 e. The Labute approximate surface area is 205 Å². The van der Waals surface area contributed by atoms with Crippen LogP contribution in [0.2, 0.25) is 0 Å². The second kappa shape index (κ2) is 13.6. The lowest BCUT2D eigenvalue weighted by atomic mass is 9.99. The van der Waals surface area contributed by atoms with E-state index in [-0.39, 0.29) is 11.8 Å². The van der Waals surface area contributed by atoms with E-state index in [1.807, 2.05) is 32.9 Å². The van der Waals surface area contributed by atoms with E-state index in [9.17, 15) is 14.4 Å². The lowest BCUT2D eigenvalue weighted by Crippen LogP contribution is -2.52. The minimum atomic E-state index is -1.02. The van der Waals surface area contributed by atoms with Crippen LogP contribution in [0.4, 0.5) is 4.79 Å². The van der Waals surface area contributed by atoms with Crippen molar-refractivity contribution in [1.29, 1.82) is 0 Å². The molecule has 0 radical (unpaired) electrons. The first kappa shape index (κ1) is 29.0. The molecule has 0 spiro atoms. The molecule has 1 aromatic rings. The van der Waals surface area contributed by atoms with Crippen molar-refractivity contribution >= 4 is 17.9 Å². The summed E-state index contributed by atoms with van der Waals surface area (Å²) in [5, 5.41) is 5.57. The fourth-order valence-electron chi connectivity index (χ4n) is 3.43. The minimum absolute atomic E-state index is 0.0872. The lowest BCUT2D eigenvalue weighted by Gasteiger charge is -2.31. The summed E-state index contributed by atoms with van der Waals surface area (Å²) >= 11 is 0. The van der Waals surface area contributed by atoms with Gasteiger partial charge in [0.25, 0.3) is 5.91 Å². The molecule has 0 bridgehead atoms. The molecule has 0 heterocycles. The van der Waals surface area contributed by atoms with Gasteiger partial charge in [-0.1, -0.05) is 69.9 Å². The highest BCUT2D eigenvalue weighted by Crippen LogP contribution is 2.24. The van der Waals surface area contributed by atoms with Crippen LogP contribution < -0.4 is 10.6 Å². The Kier molecular flexibility index (Phi) is 11.6. The third kappa shape index (κ3) is 9.86. The molecule has 0 aliphatic heterocycles. The van der Waals surface area contributed by atoms with Crippen LogP contribution in [-0.2, 0) is 14.3 Å². The number of alkyl carbamates (subject to hydrolysis) is 1. The predicted octanol–water partition coefficient (Wildman–Crippen LogP) is 4.70. The van der Waals surface area contributed by atoms with Gasteiger partial charge in [0.05, 0.1) is 0 Å². The number of terminal acetylenes is 1. The molecule has 0 fully saturated rings. The van der Waals surface area contributed by atoms with E-state index in [1.165, 1.54) is 0 Å². The average molecular weight is 472 g/mol. The molecule has 3 amide bonds. The van der Waals surface area contributed by atoms with Crippen molar-refractivity contribution in [3.05, 3.63) is 35.4 Å². The van der Waals surface area contributed by atoms with Gasteiger partial charge in [-0.2, -0.15) is 0 Å². The molecule has 2 unspecified atom stereocenters. The van der Waals surface area contributed by atoms with E-state index >= 15 is 0 Å². The molecule has 0 aliphatic carbocycles. The summed E-state index contributed by atoms with van der Waals surface area (Å²) in [6, 6.07) is 7.78. The van der Waals surface area contributed by atoms with Gasteiger partial charge >= 0.3 is 6.09 Å². The van der Waals surface area contributed by atoms with Crippen molar-refractivity contribution in [2.24, 2.45) is 5.92 Å². The topological polar surface area (TPSA) is 87.7 Å². The normalized spacial score (nSPS) is 12.9. The minimum Gasteiger partial charge on any atom is -0.444 e. The van der Waals surface area contributed by atoms with Gasteiger partial charge < -0.3 is 15.4 Å². The predicted molar refractivity (Wildman–Crippen MR) is 135 cm³/mol. The number of hydrogen-bond acceptors (Lipinski definition) is 4. The van der Waals surface area contributed by atoms with Gasteiger partial charge in [-0.25, -0.2) is 4.79 Å². The maximum absolute atomic E-state index is 13.6. The number of rotatable bonds is 11. The van der Waals surface area contributed by atoms with Gasteiger partial charge in [-0.05, 0) is 52.0 Å². The summed E-state index contributed by atoms with van der Waals surface area (Å²) in [6.45, 7) is 13.6. The van der Waals surface area contributed by atoms with Crippen molar-refractivity contribution in [2.75, 3.05) is 6.54 Å². The van der Waals surface area contributed by atoms with Gasteiger partial charge in [0.1, 0.15) is 17.7 Å². The Morgan fingerprint density at radius 3 is 2.24 bits per heavy atom. The standard InChI is InChI=1S/C27H41N3O4/c1-9-11-12-17-28-24(31)23(21-15-13-20(5)14-16-21)30(10-2)25(32)22(18-19(3)4)29-26(33)34-27(6,7)8/h2,13-16,19,22-23H,9,11-12,17-18H2,1,3-8H3,(H,28,31)(H,29,33). The van der Waals surface area contributed by atoms with Crippen molar-refractivity contribution in [2.45, 2.75) is 91.8 Å². The number of nitrogens with one attached hydrogen (secondary N) is 2. The third-order valence-electron chi connectivity index (χ3n) is 5.05. The Morgan fingerprint density at radius 2 is 1.74 bits per heavy atom. The van der Waals surface area contributed by atoms with Gasteiger partial charge in [-0.3, -0.25) is 14.5 Å². The Hall–Kier alpha value is -3.01. The lowest BCUT2D eigenvalue weighted by molar-refractivity contribution is -0.138. The molecule has 2 N–H and O–H groups in total. The van der Waals surface area contributed by atoms with Gasteiger partial charge in [0.2, 0.25) is 5.91 Å². The molecule has 7 heteroatoms. The van der Waals surface area contributed by atoms with Gasteiger partial charge in [0.15, 0.2) is 0 Å². The van der Waals surface area contributed by atoms with E-state index in [1.54, 1.807) is 32.9 Å². The van der Waals surface area contributed by atoms with E-state index in [0.29, 0.717) is 18.5 Å². The van der Waals surface area contributed by atoms with Gasteiger partial charge in [0, 0.05) is 12.6 Å². The van der Waals surface area contributed by atoms with Crippen LogP contribution in [0.5, 0.6) is 0 Å². The quantitative estimate of drug-likeness (QED) is 0.278. The van der Waals surface area contributed by atoms with E-state index in [2.05, 4.69) is 23.6 Å². The van der Waals surface area contributed by atoms with Crippen LogP contribution >= 0.6 is 0 Å². The molecule has 0 saturated carbocycles. The molecule has 2 atom stereocenters. The molecule has 34 heavy (non-hydrogen) atoms. The SMILES string of the molecule is C#CN(C(=O)C(CC(C)C)NC(=O)OC(C)(C)C)C(C(=O)NCCCCC)c1ccc(C)cc1. The van der Waals surface area contributed by atoms with Crippen LogP contribution in [0.15, 0.2) is 24.3 Å². The van der Waals surface area contributed by atoms with E-state index < -0.39 is 29.7 Å². The summed E-state index contributed by atoms with van der Waals surface area (Å²) in [6.07, 6.45) is 8.27. The van der Waals surface area contributed by atoms with Crippen molar-refractivity contribution in [3.63, 3.8) is 0 Å². The molecule has 7 nitrogen and oxygen atoms in total. The summed E-state index contributed by atoms with van der Waals surface area (Å²) in [5.41, 5.74) is 0.906. The van der Waals surface area contributed by atoms with Crippen LogP contribution in [0.1, 0.15) is 84.4 Å². The molecule has 1 rings (SSSR count). The summed E-state index contributed by atoms with van der Waals surface area (Å²) in [7, 11) is 0. The highest BCUT2D eigenvalue weighted by molar-refractivity contribution is 5.93. The fourth-order valence-corrected chi connectivity index (χ4v) is 3.43. The molecule has 188 valence electrons. The van der Waals surface area contributed by atoms with Crippen molar-refractivity contribution < 1.29 is 19.1 Å². The highest BCUT2D eigenvalue weighted by Gasteiger charge is 2.36. The van der Waals surface area contributed by atoms with Crippen LogP contribution in [0.3, 0.4) is 0 Å². The molecule has 1 aromatic carbocycles. The fraction of sp³-hybridized carbons (Fsp3) is 0.593. The number of carbonyl (C=O) groups excluding carboxylic acids is 3. The number of hydrogen-bond donors (Lipinski definition) is 2. The number of nitrogens with zero attached hydrogens (tertiary/aromatic N) is 1. The second-order valence-corrected chi connectivity index (χ2v) is 9.98. The number of benzene rings is 1. The van der Waals surface area contributed by atoms with Crippen LogP contribution in [-0.4, -0.2) is 41.0 Å². The monoisotopic (exact) mass is 471 g/mol. The Bertz CT molecular complexity index is 850. The number of aryl methyl sites for hydroxylation is 1. The molecular weight excluding hydrogens is 430 g/mol. The number of carbonyl (C=O) groups is 3. The first-order chi connectivity index (χ1) is 15.9. The first-order valence-electron chi connectivity index (χ1n) is 12.0. The zero-order valence-electron chi connectivity index (χ0n) is 21.7. The third-order valence-corrected chi connectivity index (χ3v) is 5.05. The second-order valence-electron chi connectivity index (χ2n) is 9.98. The summed E-state index contributed by atoms with van der Waals surface area (Å²) in [5.74, 6) is -0.799. The number of ether oxygens (including phenoxy) is 1. The Morgan fingerprint density at radius 1 is 1.12 bits per heavy atom. The zero-order valence-corrected chi connectivity index (χ0v) is 21.7. The Balaban J connectivity index is 3.27. The van der Waals surface area contributed by atoms with Crippen molar-refractivity contribution in [1.82, 2.24) is 15.5 Å². The molecule has 0 aliphatic rings. The molecule has 0 saturated heterocycles. The first-order valence-corrected chi connectivity index (χ1v) is 12.0. The average Bonchev–Trinajstić information content (AvgIpc) is 2.73. The van der Waals surface area contributed by atoms with Gasteiger partial charge in [-0.15, -0.1) is 0 Å². The summed E-state index contributed by atoms with van der Waals surface area (Å²) < 4.78 is 5.34. The van der Waals surface area contributed by atoms with E-state index in [4.69, 9.17) is 11.2 Å². The molecular formula is C27H41N3O4. The van der Waals surface area contributed by atoms with Crippen molar-refractivity contribution in [3.8, 4) is 12.5 Å². The zero-order chi connectivity index (χ0) is 25.9. The smallest absolute Gasteiger partial charge is 0.408 e. The van der Waals surface area contributed by atoms with E-state index in [0.717, 1.165) is 29.7 Å². The molecule has 0 aromatic heterocycles. The summed E-state index contributed by atoms with van der Waals surface area (Å²) in [4.78, 5) is 40.4. The number of amides is 3. The van der Waals surface area contributed by atoms with Crippen LogP contribution in [0.25, 0.3) is 0 Å². The highest BCUT2D eigenvalue weighted by atomic mass is 16.6. The van der Waals surface area contributed by atoms with Crippen LogP contribution in [0, 0.1) is 25.3 Å². The maximum atomic E-state index is 13.6. The maximum Gasteiger partial charge on any atom is 0.408 e.